The van der Waals surface area contributed by atoms with Gasteiger partial charge in [-0.25, -0.2) is 0 Å². The van der Waals surface area contributed by atoms with Crippen molar-refractivity contribution >= 4 is 11.9 Å². The molecule has 0 aromatic rings. The predicted molar refractivity (Wildman–Crippen MR) is 178 cm³/mol. The molecule has 5 nitrogen and oxygen atoms in total. The Morgan fingerprint density at radius 1 is 0.524 bits per heavy atom. The molecule has 0 saturated carbocycles. The molecule has 1 unspecified atom stereocenters. The van der Waals surface area contributed by atoms with Crippen LogP contribution in [-0.4, -0.2) is 37.9 Å². The minimum atomic E-state index is -0.527. The van der Waals surface area contributed by atoms with Gasteiger partial charge < -0.3 is 14.2 Å². The molecule has 0 heterocycles. The molecule has 0 radical (unpaired) electrons. The maximum Gasteiger partial charge on any atom is 0.306 e. The molecule has 0 spiro atoms. The lowest BCUT2D eigenvalue weighted by molar-refractivity contribution is -0.163. The van der Waals surface area contributed by atoms with E-state index in [1.54, 1.807) is 0 Å². The van der Waals surface area contributed by atoms with Crippen molar-refractivity contribution in [2.24, 2.45) is 0 Å². The summed E-state index contributed by atoms with van der Waals surface area (Å²) in [4.78, 5) is 24.7. The van der Waals surface area contributed by atoms with Crippen LogP contribution < -0.4 is 0 Å². The highest BCUT2D eigenvalue weighted by molar-refractivity contribution is 5.70. The topological polar surface area (TPSA) is 61.8 Å². The fourth-order valence-corrected chi connectivity index (χ4v) is 4.78. The first kappa shape index (κ1) is 40.4. The molecule has 0 N–H and O–H groups in total. The van der Waals surface area contributed by atoms with Crippen molar-refractivity contribution in [3.63, 3.8) is 0 Å². The molecule has 0 aromatic carbocycles. The lowest BCUT2D eigenvalue weighted by atomic mass is 10.1. The van der Waals surface area contributed by atoms with Crippen molar-refractivity contribution in [3.8, 4) is 0 Å². The van der Waals surface area contributed by atoms with Gasteiger partial charge in [-0.05, 0) is 44.9 Å². The van der Waals surface area contributed by atoms with Gasteiger partial charge in [0.2, 0.25) is 0 Å². The highest BCUT2D eigenvalue weighted by Crippen LogP contribution is 2.11. The summed E-state index contributed by atoms with van der Waals surface area (Å²) in [6.45, 7) is 7.62. The van der Waals surface area contributed by atoms with Gasteiger partial charge in [0.15, 0.2) is 6.10 Å². The Balaban J connectivity index is 4.11. The maximum atomic E-state index is 12.4. The molecule has 0 aliphatic heterocycles. The highest BCUT2D eigenvalue weighted by Gasteiger charge is 2.17. The summed E-state index contributed by atoms with van der Waals surface area (Å²) in [5.74, 6) is -0.422. The first-order valence-electron chi connectivity index (χ1n) is 17.9. The summed E-state index contributed by atoms with van der Waals surface area (Å²) < 4.78 is 17.0. The molecule has 42 heavy (non-hydrogen) atoms. The van der Waals surface area contributed by atoms with Crippen LogP contribution in [0.1, 0.15) is 175 Å². The lowest BCUT2D eigenvalue weighted by Crippen LogP contribution is -2.30. The third-order valence-electron chi connectivity index (χ3n) is 7.47. The van der Waals surface area contributed by atoms with Crippen LogP contribution in [0.2, 0.25) is 0 Å². The van der Waals surface area contributed by atoms with Crippen molar-refractivity contribution < 1.29 is 23.8 Å². The minimum Gasteiger partial charge on any atom is -0.462 e. The smallest absolute Gasteiger partial charge is 0.306 e. The number of hydrogen-bond donors (Lipinski definition) is 0. The summed E-state index contributed by atoms with van der Waals surface area (Å²) in [5.41, 5.74) is 0. The van der Waals surface area contributed by atoms with Crippen molar-refractivity contribution in [1.82, 2.24) is 0 Å². The largest absolute Gasteiger partial charge is 0.462 e. The minimum absolute atomic E-state index is 0.0837. The molecule has 0 aromatic heterocycles. The van der Waals surface area contributed by atoms with Crippen molar-refractivity contribution in [2.75, 3.05) is 19.8 Å². The van der Waals surface area contributed by atoms with Crippen molar-refractivity contribution in [2.45, 2.75) is 181 Å². The second-order valence-corrected chi connectivity index (χ2v) is 11.8. The van der Waals surface area contributed by atoms with Gasteiger partial charge in [-0.1, -0.05) is 141 Å². The Morgan fingerprint density at radius 3 is 1.67 bits per heavy atom. The van der Waals surface area contributed by atoms with Gasteiger partial charge in [-0.2, -0.15) is 0 Å². The van der Waals surface area contributed by atoms with E-state index < -0.39 is 6.10 Å². The number of hydrogen-bond acceptors (Lipinski definition) is 5. The summed E-state index contributed by atoms with van der Waals surface area (Å²) in [6.07, 6.45) is 34.8. The molecular weight excluding hydrogens is 524 g/mol. The zero-order chi connectivity index (χ0) is 30.8. The second-order valence-electron chi connectivity index (χ2n) is 11.8. The van der Waals surface area contributed by atoms with Crippen LogP contribution in [0.3, 0.4) is 0 Å². The number of rotatable bonds is 32. The molecule has 5 heteroatoms. The van der Waals surface area contributed by atoms with E-state index in [0.717, 1.165) is 51.4 Å². The standard InChI is InChI=1S/C37H68O5/c1-4-7-10-13-15-16-17-18-19-20-21-23-26-29-32-40-33-35(42-37(39)31-28-24-12-9-6-3)34-41-36(38)30-27-25-22-14-11-8-5-2/h10,13,16-17,35H,4-9,11-12,14-15,18-34H2,1-3H3/b13-10-,17-16-. The Hall–Kier alpha value is -1.62. The third-order valence-corrected chi connectivity index (χ3v) is 7.47. The van der Waals surface area contributed by atoms with E-state index >= 15 is 0 Å². The number of ether oxygens (including phenoxy) is 3. The van der Waals surface area contributed by atoms with Crippen LogP contribution in [0.5, 0.6) is 0 Å². The Morgan fingerprint density at radius 2 is 1.05 bits per heavy atom. The summed E-state index contributed by atoms with van der Waals surface area (Å²) in [5, 5.41) is 0. The molecule has 0 saturated heterocycles. The van der Waals surface area contributed by atoms with E-state index in [0.29, 0.717) is 19.4 Å². The van der Waals surface area contributed by atoms with Gasteiger partial charge >= 0.3 is 11.9 Å². The van der Waals surface area contributed by atoms with Crippen molar-refractivity contribution in [3.05, 3.63) is 24.3 Å². The molecule has 0 aliphatic rings. The van der Waals surface area contributed by atoms with E-state index in [2.05, 4.69) is 45.1 Å². The van der Waals surface area contributed by atoms with Gasteiger partial charge in [-0.3, -0.25) is 9.59 Å². The van der Waals surface area contributed by atoms with Crippen LogP contribution in [0.15, 0.2) is 24.3 Å². The summed E-state index contributed by atoms with van der Waals surface area (Å²) >= 11 is 0. The van der Waals surface area contributed by atoms with E-state index in [1.165, 1.54) is 89.9 Å². The number of carbonyl (C=O) groups is 2. The molecule has 0 aliphatic carbocycles. The van der Waals surface area contributed by atoms with E-state index in [4.69, 9.17) is 14.2 Å². The van der Waals surface area contributed by atoms with Crippen LogP contribution >= 0.6 is 0 Å². The van der Waals surface area contributed by atoms with Crippen LogP contribution in [0.4, 0.5) is 0 Å². The molecule has 0 amide bonds. The monoisotopic (exact) mass is 593 g/mol. The maximum absolute atomic E-state index is 12.4. The third kappa shape index (κ3) is 31.3. The Kier molecular flexibility index (Phi) is 32.6. The molecule has 0 rings (SSSR count). The highest BCUT2D eigenvalue weighted by atomic mass is 16.6. The summed E-state index contributed by atoms with van der Waals surface area (Å²) in [7, 11) is 0. The number of carbonyl (C=O) groups excluding carboxylic acids is 2. The molecule has 246 valence electrons. The van der Waals surface area contributed by atoms with Crippen LogP contribution in [0, 0.1) is 0 Å². The predicted octanol–water partition coefficient (Wildman–Crippen LogP) is 11.0. The number of unbranched alkanes of at least 4 members (excludes halogenated alkanes) is 17. The SMILES string of the molecule is CCC/C=C\C/C=C\CCCCCCCCOCC(COC(=O)CCCCCCCCC)OC(=O)CCCCCCC. The number of esters is 2. The molecule has 1 atom stereocenters. The van der Waals surface area contributed by atoms with Crippen LogP contribution in [-0.2, 0) is 23.8 Å². The average molecular weight is 593 g/mol. The molecular formula is C37H68O5. The van der Waals surface area contributed by atoms with E-state index in [1.807, 2.05) is 0 Å². The van der Waals surface area contributed by atoms with Gasteiger partial charge in [0.05, 0.1) is 6.61 Å². The quantitative estimate of drug-likeness (QED) is 0.0442. The number of allylic oxidation sites excluding steroid dienone is 4. The lowest BCUT2D eigenvalue weighted by Gasteiger charge is -2.18. The van der Waals surface area contributed by atoms with Crippen molar-refractivity contribution in [1.29, 1.82) is 0 Å². The first-order valence-corrected chi connectivity index (χ1v) is 17.9. The van der Waals surface area contributed by atoms with E-state index in [-0.39, 0.29) is 25.2 Å². The molecule has 0 bridgehead atoms. The second kappa shape index (κ2) is 33.9. The average Bonchev–Trinajstić information content (AvgIpc) is 2.99. The normalized spacial score (nSPS) is 12.4. The zero-order valence-corrected chi connectivity index (χ0v) is 28.0. The van der Waals surface area contributed by atoms with Gasteiger partial charge in [-0.15, -0.1) is 0 Å². The fourth-order valence-electron chi connectivity index (χ4n) is 4.78. The van der Waals surface area contributed by atoms with Gasteiger partial charge in [0, 0.05) is 19.4 Å². The zero-order valence-electron chi connectivity index (χ0n) is 28.0. The Labute approximate surface area is 260 Å². The Bertz CT molecular complexity index is 642. The van der Waals surface area contributed by atoms with Crippen LogP contribution in [0.25, 0.3) is 0 Å². The van der Waals surface area contributed by atoms with E-state index in [9.17, 15) is 9.59 Å². The van der Waals surface area contributed by atoms with Gasteiger partial charge in [0.25, 0.3) is 0 Å². The first-order chi connectivity index (χ1) is 20.6. The fraction of sp³-hybridized carbons (Fsp3) is 0.838. The summed E-state index contributed by atoms with van der Waals surface area (Å²) in [6, 6.07) is 0. The molecule has 0 fully saturated rings. The van der Waals surface area contributed by atoms with Gasteiger partial charge in [0.1, 0.15) is 6.61 Å².